The minimum absolute atomic E-state index is 0.255. The monoisotopic (exact) mass is 313 g/mol. The summed E-state index contributed by atoms with van der Waals surface area (Å²) in [6, 6.07) is 3.35. The third-order valence-electron chi connectivity index (χ3n) is 3.26. The Balaban J connectivity index is 1.97. The maximum atomic E-state index is 12.5. The van der Waals surface area contributed by atoms with Crippen LogP contribution < -0.4 is 4.90 Å². The van der Waals surface area contributed by atoms with Gasteiger partial charge in [0.15, 0.2) is 5.65 Å². The van der Waals surface area contributed by atoms with E-state index in [1.165, 1.54) is 11.1 Å². The number of halogens is 1. The average molecular weight is 314 g/mol. The first-order valence-electron chi connectivity index (χ1n) is 6.45. The molecular formula is C15H12ClN5O. The summed E-state index contributed by atoms with van der Waals surface area (Å²) in [6.45, 7) is 3.72. The molecule has 0 radical (unpaired) electrons. The minimum atomic E-state index is -0.255. The molecule has 1 amide bonds. The number of hydrogen-bond acceptors (Lipinski definition) is 4. The molecular weight excluding hydrogens is 302 g/mol. The quantitative estimate of drug-likeness (QED) is 0.697. The lowest BCUT2D eigenvalue weighted by Crippen LogP contribution is -2.27. The van der Waals surface area contributed by atoms with Crippen molar-refractivity contribution in [3.8, 4) is 0 Å². The number of amides is 1. The lowest BCUT2D eigenvalue weighted by Gasteiger charge is -2.16. The lowest BCUT2D eigenvalue weighted by molar-refractivity contribution is 0.0987. The summed E-state index contributed by atoms with van der Waals surface area (Å²) in [4.78, 5) is 26.3. The van der Waals surface area contributed by atoms with Crippen molar-refractivity contribution in [2.24, 2.45) is 0 Å². The Kier molecular flexibility index (Phi) is 3.60. The van der Waals surface area contributed by atoms with E-state index < -0.39 is 0 Å². The maximum Gasteiger partial charge on any atom is 0.278 e. The zero-order valence-electron chi connectivity index (χ0n) is 11.8. The standard InChI is InChI=1S/C15H12ClN5O/c1-3-10-6-19-14-8-17-12(9-21(10)14)15(22)20(2)11-4-5-13(16)18-7-11/h3-9H,1H2,2H3. The van der Waals surface area contributed by atoms with Gasteiger partial charge in [-0.1, -0.05) is 18.2 Å². The van der Waals surface area contributed by atoms with Crippen molar-refractivity contribution in [2.45, 2.75) is 0 Å². The number of aromatic nitrogens is 4. The second kappa shape index (κ2) is 5.57. The van der Waals surface area contributed by atoms with Gasteiger partial charge < -0.3 is 4.90 Å². The summed E-state index contributed by atoms with van der Waals surface area (Å²) in [5, 5.41) is 0.373. The molecule has 0 aliphatic rings. The number of carbonyl (C=O) groups excluding carboxylic acids is 1. The Morgan fingerprint density at radius 1 is 1.27 bits per heavy atom. The maximum absolute atomic E-state index is 12.5. The number of carbonyl (C=O) groups is 1. The fourth-order valence-electron chi connectivity index (χ4n) is 2.03. The molecule has 7 heteroatoms. The van der Waals surface area contributed by atoms with Gasteiger partial charge in [-0.2, -0.15) is 0 Å². The smallest absolute Gasteiger partial charge is 0.278 e. The molecule has 3 aromatic heterocycles. The Labute approximate surface area is 131 Å². The highest BCUT2D eigenvalue weighted by molar-refractivity contribution is 6.29. The average Bonchev–Trinajstić information content (AvgIpc) is 2.96. The van der Waals surface area contributed by atoms with Crippen molar-refractivity contribution < 1.29 is 4.79 Å². The molecule has 0 saturated heterocycles. The topological polar surface area (TPSA) is 63.4 Å². The van der Waals surface area contributed by atoms with Crippen LogP contribution in [-0.4, -0.2) is 32.3 Å². The van der Waals surface area contributed by atoms with Crippen molar-refractivity contribution in [1.29, 1.82) is 0 Å². The zero-order chi connectivity index (χ0) is 15.7. The van der Waals surface area contributed by atoms with Gasteiger partial charge in [0.1, 0.15) is 10.8 Å². The molecule has 0 N–H and O–H groups in total. The first kappa shape index (κ1) is 14.2. The van der Waals surface area contributed by atoms with E-state index in [4.69, 9.17) is 11.6 Å². The Morgan fingerprint density at radius 3 is 2.77 bits per heavy atom. The van der Waals surface area contributed by atoms with Crippen LogP contribution in [-0.2, 0) is 0 Å². The highest BCUT2D eigenvalue weighted by Gasteiger charge is 2.16. The molecule has 3 heterocycles. The van der Waals surface area contributed by atoms with Crippen LogP contribution in [0.4, 0.5) is 5.69 Å². The van der Waals surface area contributed by atoms with Gasteiger partial charge in [0.2, 0.25) is 0 Å². The molecule has 3 aromatic rings. The molecule has 0 aliphatic heterocycles. The van der Waals surface area contributed by atoms with Gasteiger partial charge in [-0.3, -0.25) is 9.20 Å². The molecule has 0 bridgehead atoms. The predicted molar refractivity (Wildman–Crippen MR) is 85.1 cm³/mol. The second-order valence-electron chi connectivity index (χ2n) is 4.59. The van der Waals surface area contributed by atoms with Crippen LogP contribution in [0.2, 0.25) is 5.15 Å². The summed E-state index contributed by atoms with van der Waals surface area (Å²) in [5.41, 5.74) is 2.38. The molecule has 110 valence electrons. The van der Waals surface area contributed by atoms with Crippen molar-refractivity contribution in [1.82, 2.24) is 19.4 Å². The molecule has 0 unspecified atom stereocenters. The Bertz CT molecular complexity index is 856. The summed E-state index contributed by atoms with van der Waals surface area (Å²) in [7, 11) is 1.65. The van der Waals surface area contributed by atoms with Gasteiger partial charge in [0.05, 0.1) is 30.0 Å². The van der Waals surface area contributed by atoms with Crippen molar-refractivity contribution in [2.75, 3.05) is 11.9 Å². The number of imidazole rings is 1. The van der Waals surface area contributed by atoms with Crippen LogP contribution in [0.15, 0.2) is 43.5 Å². The normalized spacial score (nSPS) is 10.6. The summed E-state index contributed by atoms with van der Waals surface area (Å²) in [5.74, 6) is -0.255. The van der Waals surface area contributed by atoms with Gasteiger partial charge in [-0.25, -0.2) is 15.0 Å². The summed E-state index contributed by atoms with van der Waals surface area (Å²) < 4.78 is 1.77. The van der Waals surface area contributed by atoms with Crippen LogP contribution in [0.5, 0.6) is 0 Å². The van der Waals surface area contributed by atoms with Gasteiger partial charge in [0.25, 0.3) is 5.91 Å². The van der Waals surface area contributed by atoms with E-state index in [1.807, 2.05) is 0 Å². The van der Waals surface area contributed by atoms with Gasteiger partial charge in [-0.15, -0.1) is 0 Å². The van der Waals surface area contributed by atoms with Crippen molar-refractivity contribution >= 4 is 34.9 Å². The van der Waals surface area contributed by atoms with E-state index >= 15 is 0 Å². The summed E-state index contributed by atoms with van der Waals surface area (Å²) >= 11 is 5.75. The first-order chi connectivity index (χ1) is 10.6. The lowest BCUT2D eigenvalue weighted by atomic mass is 10.3. The van der Waals surface area contributed by atoms with E-state index in [0.717, 1.165) is 5.69 Å². The van der Waals surface area contributed by atoms with Gasteiger partial charge >= 0.3 is 0 Å². The van der Waals surface area contributed by atoms with Gasteiger partial charge in [-0.05, 0) is 18.2 Å². The van der Waals surface area contributed by atoms with Crippen LogP contribution >= 0.6 is 11.6 Å². The number of pyridine rings is 1. The number of rotatable bonds is 3. The van der Waals surface area contributed by atoms with E-state index in [9.17, 15) is 4.79 Å². The van der Waals surface area contributed by atoms with Crippen LogP contribution in [0.1, 0.15) is 16.2 Å². The largest absolute Gasteiger partial charge is 0.309 e. The first-order valence-corrected chi connectivity index (χ1v) is 6.83. The number of hydrogen-bond donors (Lipinski definition) is 0. The molecule has 22 heavy (non-hydrogen) atoms. The molecule has 0 aliphatic carbocycles. The molecule has 0 spiro atoms. The fraction of sp³-hybridized carbons (Fsp3) is 0.0667. The summed E-state index contributed by atoms with van der Waals surface area (Å²) in [6.07, 6.45) is 8.06. The van der Waals surface area contributed by atoms with Gasteiger partial charge in [0, 0.05) is 13.2 Å². The van der Waals surface area contributed by atoms with Crippen LogP contribution in [0.3, 0.4) is 0 Å². The molecule has 0 aromatic carbocycles. The predicted octanol–water partition coefficient (Wildman–Crippen LogP) is 2.70. The fourth-order valence-corrected chi connectivity index (χ4v) is 2.14. The highest BCUT2D eigenvalue weighted by atomic mass is 35.5. The van der Waals surface area contributed by atoms with E-state index in [0.29, 0.717) is 22.2 Å². The Hall–Kier alpha value is -2.73. The van der Waals surface area contributed by atoms with Crippen molar-refractivity contribution in [3.05, 3.63) is 60.0 Å². The molecule has 3 rings (SSSR count). The zero-order valence-corrected chi connectivity index (χ0v) is 12.5. The number of fused-ring (bicyclic) bond motifs is 1. The van der Waals surface area contributed by atoms with E-state index in [2.05, 4.69) is 21.5 Å². The molecule has 0 saturated carbocycles. The van der Waals surface area contributed by atoms with Crippen LogP contribution in [0.25, 0.3) is 11.7 Å². The van der Waals surface area contributed by atoms with E-state index in [1.54, 1.807) is 48.2 Å². The third-order valence-corrected chi connectivity index (χ3v) is 3.48. The molecule has 0 fully saturated rings. The van der Waals surface area contributed by atoms with Crippen LogP contribution in [0, 0.1) is 0 Å². The molecule has 0 atom stereocenters. The van der Waals surface area contributed by atoms with E-state index in [-0.39, 0.29) is 5.91 Å². The van der Waals surface area contributed by atoms with Crippen molar-refractivity contribution in [3.63, 3.8) is 0 Å². The SMILES string of the molecule is C=Cc1cnc2cnc(C(=O)N(C)c3ccc(Cl)nc3)cn12. The molecule has 6 nitrogen and oxygen atoms in total. The minimum Gasteiger partial charge on any atom is -0.309 e. The Morgan fingerprint density at radius 2 is 2.09 bits per heavy atom. The second-order valence-corrected chi connectivity index (χ2v) is 4.98. The number of nitrogens with zero attached hydrogens (tertiary/aromatic N) is 5. The highest BCUT2D eigenvalue weighted by Crippen LogP contribution is 2.16. The number of anilines is 1. The third kappa shape index (κ3) is 2.44.